The molecule has 4 rings (SSSR count). The predicted octanol–water partition coefficient (Wildman–Crippen LogP) is 5.05. The molecule has 1 aromatic carbocycles. The molecule has 0 saturated carbocycles. The Labute approximate surface area is 166 Å². The quantitative estimate of drug-likeness (QED) is 0.674. The number of carbonyl (C=O) groups is 1. The monoisotopic (exact) mass is 393 g/mol. The zero-order valence-corrected chi connectivity index (χ0v) is 16.6. The van der Waals surface area contributed by atoms with Crippen LogP contribution in [0, 0.1) is 17.2 Å². The first-order chi connectivity index (χ1) is 13.1. The van der Waals surface area contributed by atoms with Gasteiger partial charge in [0.15, 0.2) is 0 Å². The Hall–Kier alpha value is -2.49. The van der Waals surface area contributed by atoms with E-state index in [0.29, 0.717) is 16.5 Å². The average Bonchev–Trinajstić information content (AvgIpc) is 3.26. The van der Waals surface area contributed by atoms with Crippen molar-refractivity contribution in [3.63, 3.8) is 0 Å². The predicted molar refractivity (Wildman–Crippen MR) is 110 cm³/mol. The summed E-state index contributed by atoms with van der Waals surface area (Å²) in [4.78, 5) is 18.4. The molecule has 0 aliphatic heterocycles. The molecule has 136 valence electrons. The lowest BCUT2D eigenvalue weighted by molar-refractivity contribution is -0.115. The van der Waals surface area contributed by atoms with Gasteiger partial charge in [0.1, 0.15) is 16.1 Å². The number of anilines is 1. The van der Waals surface area contributed by atoms with Crippen molar-refractivity contribution in [3.8, 4) is 16.6 Å². The molecule has 1 N–H and O–H groups in total. The zero-order valence-electron chi connectivity index (χ0n) is 15.0. The minimum absolute atomic E-state index is 0.122. The number of aromatic nitrogens is 1. The molecule has 0 fully saturated rings. The van der Waals surface area contributed by atoms with Crippen molar-refractivity contribution in [2.24, 2.45) is 5.92 Å². The topological polar surface area (TPSA) is 65.8 Å². The van der Waals surface area contributed by atoms with Crippen molar-refractivity contribution >= 4 is 33.6 Å². The van der Waals surface area contributed by atoms with Gasteiger partial charge in [-0.1, -0.05) is 37.3 Å². The number of thiazole rings is 1. The molecule has 6 heteroatoms. The maximum atomic E-state index is 12.5. The van der Waals surface area contributed by atoms with Crippen molar-refractivity contribution in [1.82, 2.24) is 4.98 Å². The first-order valence-corrected chi connectivity index (χ1v) is 10.7. The SMILES string of the molecule is C[C@H]1CCc2c(sc(NC(=O)Cc3csc(-c4ccccc4)n3)c2C#N)C1. The molecule has 1 atom stereocenters. The lowest BCUT2D eigenvalue weighted by Crippen LogP contribution is -2.14. The molecular weight excluding hydrogens is 374 g/mol. The van der Waals surface area contributed by atoms with E-state index < -0.39 is 0 Å². The molecule has 2 heterocycles. The molecule has 4 nitrogen and oxygen atoms in total. The Bertz CT molecular complexity index is 1010. The maximum absolute atomic E-state index is 12.5. The molecule has 3 aromatic rings. The Balaban J connectivity index is 1.48. The number of rotatable bonds is 4. The number of benzene rings is 1. The molecule has 2 aromatic heterocycles. The second kappa shape index (κ2) is 7.63. The van der Waals surface area contributed by atoms with Crippen LogP contribution in [0.25, 0.3) is 10.6 Å². The number of hydrogen-bond donors (Lipinski definition) is 1. The number of nitriles is 1. The Morgan fingerprint density at radius 2 is 2.19 bits per heavy atom. The van der Waals surface area contributed by atoms with Gasteiger partial charge in [-0.05, 0) is 30.7 Å². The van der Waals surface area contributed by atoms with Gasteiger partial charge in [0.05, 0.1) is 17.7 Å². The second-order valence-corrected chi connectivity index (χ2v) is 8.87. The van der Waals surface area contributed by atoms with E-state index in [2.05, 4.69) is 23.3 Å². The van der Waals surface area contributed by atoms with Crippen LogP contribution in [0.2, 0.25) is 0 Å². The van der Waals surface area contributed by atoms with E-state index in [-0.39, 0.29) is 12.3 Å². The third-order valence-electron chi connectivity index (χ3n) is 4.79. The van der Waals surface area contributed by atoms with Crippen LogP contribution in [-0.4, -0.2) is 10.9 Å². The highest BCUT2D eigenvalue weighted by atomic mass is 32.1. The van der Waals surface area contributed by atoms with E-state index in [1.165, 1.54) is 4.88 Å². The largest absolute Gasteiger partial charge is 0.316 e. The number of fused-ring (bicyclic) bond motifs is 1. The minimum Gasteiger partial charge on any atom is -0.316 e. The Morgan fingerprint density at radius 1 is 1.37 bits per heavy atom. The van der Waals surface area contributed by atoms with Gasteiger partial charge in [-0.3, -0.25) is 4.79 Å². The third kappa shape index (κ3) is 3.80. The first kappa shape index (κ1) is 17.9. The van der Waals surface area contributed by atoms with Gasteiger partial charge < -0.3 is 5.32 Å². The average molecular weight is 394 g/mol. The normalized spacial score (nSPS) is 15.8. The van der Waals surface area contributed by atoms with E-state index in [1.807, 2.05) is 35.7 Å². The number of amides is 1. The van der Waals surface area contributed by atoms with Gasteiger partial charge >= 0.3 is 0 Å². The summed E-state index contributed by atoms with van der Waals surface area (Å²) in [5, 5.41) is 16.0. The van der Waals surface area contributed by atoms with E-state index in [1.54, 1.807) is 22.7 Å². The number of nitrogens with zero attached hydrogens (tertiary/aromatic N) is 2. The van der Waals surface area contributed by atoms with Gasteiger partial charge in [-0.25, -0.2) is 4.98 Å². The van der Waals surface area contributed by atoms with E-state index in [9.17, 15) is 10.1 Å². The van der Waals surface area contributed by atoms with Crippen LogP contribution in [0.1, 0.15) is 35.0 Å². The summed E-state index contributed by atoms with van der Waals surface area (Å²) in [5.41, 5.74) is 3.60. The number of thiophene rings is 1. The van der Waals surface area contributed by atoms with Crippen LogP contribution in [0.15, 0.2) is 35.7 Å². The van der Waals surface area contributed by atoms with Crippen LogP contribution < -0.4 is 5.32 Å². The third-order valence-corrected chi connectivity index (χ3v) is 6.90. The van der Waals surface area contributed by atoms with Gasteiger partial charge in [0.2, 0.25) is 5.91 Å². The number of hydrogen-bond acceptors (Lipinski definition) is 5. The summed E-state index contributed by atoms with van der Waals surface area (Å²) in [6.07, 6.45) is 3.25. The first-order valence-electron chi connectivity index (χ1n) is 8.98. The van der Waals surface area contributed by atoms with Gasteiger partial charge in [-0.15, -0.1) is 22.7 Å². The Morgan fingerprint density at radius 3 is 2.96 bits per heavy atom. The molecule has 0 unspecified atom stereocenters. The van der Waals surface area contributed by atoms with Crippen molar-refractivity contribution in [2.45, 2.75) is 32.6 Å². The van der Waals surface area contributed by atoms with Crippen LogP contribution in [0.4, 0.5) is 5.00 Å². The molecule has 0 radical (unpaired) electrons. The lowest BCUT2D eigenvalue weighted by Gasteiger charge is -2.17. The highest BCUT2D eigenvalue weighted by Gasteiger charge is 2.24. The fourth-order valence-electron chi connectivity index (χ4n) is 3.39. The van der Waals surface area contributed by atoms with Crippen molar-refractivity contribution in [1.29, 1.82) is 5.26 Å². The molecule has 0 bridgehead atoms. The number of carbonyl (C=O) groups excluding carboxylic acids is 1. The van der Waals surface area contributed by atoms with Gasteiger partial charge in [0.25, 0.3) is 0 Å². The van der Waals surface area contributed by atoms with Crippen molar-refractivity contribution in [3.05, 3.63) is 57.4 Å². The summed E-state index contributed by atoms with van der Waals surface area (Å²) >= 11 is 3.10. The van der Waals surface area contributed by atoms with Gasteiger partial charge in [0, 0.05) is 15.8 Å². The molecular formula is C21H19N3OS2. The fourth-order valence-corrected chi connectivity index (χ4v) is 5.60. The molecule has 0 spiro atoms. The molecule has 0 saturated heterocycles. The zero-order chi connectivity index (χ0) is 18.8. The van der Waals surface area contributed by atoms with Crippen molar-refractivity contribution < 1.29 is 4.79 Å². The van der Waals surface area contributed by atoms with Crippen LogP contribution in [-0.2, 0) is 24.1 Å². The van der Waals surface area contributed by atoms with E-state index >= 15 is 0 Å². The van der Waals surface area contributed by atoms with E-state index in [0.717, 1.165) is 41.1 Å². The minimum atomic E-state index is -0.122. The molecule has 1 aliphatic rings. The molecule has 1 aliphatic carbocycles. The number of nitrogens with one attached hydrogen (secondary N) is 1. The Kier molecular flexibility index (Phi) is 5.06. The lowest BCUT2D eigenvalue weighted by atomic mass is 9.89. The fraction of sp³-hybridized carbons (Fsp3) is 0.286. The summed E-state index contributed by atoms with van der Waals surface area (Å²) in [6, 6.07) is 12.2. The highest BCUT2D eigenvalue weighted by molar-refractivity contribution is 7.16. The van der Waals surface area contributed by atoms with Crippen LogP contribution in [0.3, 0.4) is 0 Å². The standard InChI is InChI=1S/C21H19N3OS2/c1-13-7-8-16-17(11-22)21(27-18(16)9-13)24-19(25)10-15-12-26-20(23-15)14-5-3-2-4-6-14/h2-6,12-13H,7-10H2,1H3,(H,24,25)/t13-/m0/s1. The van der Waals surface area contributed by atoms with Crippen molar-refractivity contribution in [2.75, 3.05) is 5.32 Å². The second-order valence-electron chi connectivity index (χ2n) is 6.90. The maximum Gasteiger partial charge on any atom is 0.231 e. The summed E-state index contributed by atoms with van der Waals surface area (Å²) in [7, 11) is 0. The van der Waals surface area contributed by atoms with Gasteiger partial charge in [-0.2, -0.15) is 5.26 Å². The molecule has 1 amide bonds. The summed E-state index contributed by atoms with van der Waals surface area (Å²) in [5.74, 6) is 0.515. The smallest absolute Gasteiger partial charge is 0.231 e. The van der Waals surface area contributed by atoms with Crippen LogP contribution >= 0.6 is 22.7 Å². The molecule has 27 heavy (non-hydrogen) atoms. The highest BCUT2D eigenvalue weighted by Crippen LogP contribution is 2.39. The van der Waals surface area contributed by atoms with Crippen LogP contribution in [0.5, 0.6) is 0 Å². The summed E-state index contributed by atoms with van der Waals surface area (Å²) in [6.45, 7) is 2.24. The van der Waals surface area contributed by atoms with E-state index in [4.69, 9.17) is 0 Å². The summed E-state index contributed by atoms with van der Waals surface area (Å²) < 4.78 is 0.